The summed E-state index contributed by atoms with van der Waals surface area (Å²) in [7, 11) is -0.982. The zero-order valence-electron chi connectivity index (χ0n) is 9.60. The van der Waals surface area contributed by atoms with Crippen molar-refractivity contribution in [2.75, 3.05) is 6.61 Å². The van der Waals surface area contributed by atoms with E-state index in [0.717, 1.165) is 12.1 Å². The summed E-state index contributed by atoms with van der Waals surface area (Å²) in [6, 6.07) is 0. The molecule has 1 rings (SSSR count). The molecule has 0 bridgehead atoms. The van der Waals surface area contributed by atoms with Crippen molar-refractivity contribution in [3.05, 3.63) is 0 Å². The van der Waals surface area contributed by atoms with Gasteiger partial charge in [-0.3, -0.25) is 0 Å². The Bertz CT molecular complexity index is 149. The van der Waals surface area contributed by atoms with Crippen molar-refractivity contribution >= 4 is 8.07 Å². The highest BCUT2D eigenvalue weighted by atomic mass is 28.3. The van der Waals surface area contributed by atoms with Gasteiger partial charge in [0.15, 0.2) is 0 Å². The predicted octanol–water partition coefficient (Wildman–Crippen LogP) is 3.67. The van der Waals surface area contributed by atoms with Gasteiger partial charge >= 0.3 is 0 Å². The summed E-state index contributed by atoms with van der Waals surface area (Å²) in [5.41, 5.74) is 0.904. The molecule has 0 radical (unpaired) electrons. The second-order valence-corrected chi connectivity index (χ2v) is 10.7. The van der Waals surface area contributed by atoms with Crippen molar-refractivity contribution in [3.8, 4) is 0 Å². The molecule has 0 heterocycles. The molecular weight excluding hydrogens is 176 g/mol. The van der Waals surface area contributed by atoms with Crippen molar-refractivity contribution in [1.29, 1.82) is 0 Å². The molecule has 1 fully saturated rings. The molecular formula is C11H24OSi. The second kappa shape index (κ2) is 4.60. The maximum atomic E-state index is 5.86. The summed E-state index contributed by atoms with van der Waals surface area (Å²) in [6.07, 6.45) is 6.12. The maximum Gasteiger partial charge on any atom is 0.0579 e. The van der Waals surface area contributed by atoms with Crippen LogP contribution in [0.4, 0.5) is 0 Å². The fourth-order valence-electron chi connectivity index (χ4n) is 2.50. The standard InChI is InChI=1S/C11H24OSi/c1-5-12-10-8-6-7-9-11(10)13(2,3)4/h10-11H,5-9H2,1-4H3. The van der Waals surface area contributed by atoms with Crippen LogP contribution in [0.1, 0.15) is 32.6 Å². The molecule has 0 amide bonds. The largest absolute Gasteiger partial charge is 0.379 e. The lowest BCUT2D eigenvalue weighted by Crippen LogP contribution is -2.39. The SMILES string of the molecule is CCOC1CCCCC1[Si](C)(C)C. The lowest BCUT2D eigenvalue weighted by molar-refractivity contribution is 0.0352. The first-order valence-corrected chi connectivity index (χ1v) is 9.25. The molecule has 1 nitrogen and oxygen atoms in total. The minimum Gasteiger partial charge on any atom is -0.379 e. The van der Waals surface area contributed by atoms with Crippen LogP contribution in [0.5, 0.6) is 0 Å². The molecule has 0 N–H and O–H groups in total. The number of hydrogen-bond donors (Lipinski definition) is 0. The van der Waals surface area contributed by atoms with Crippen molar-refractivity contribution in [2.45, 2.75) is 63.9 Å². The lowest BCUT2D eigenvalue weighted by atomic mass is 9.97. The first kappa shape index (κ1) is 11.3. The Morgan fingerprint density at radius 3 is 2.31 bits per heavy atom. The Kier molecular flexibility index (Phi) is 3.99. The number of hydrogen-bond acceptors (Lipinski definition) is 1. The van der Waals surface area contributed by atoms with Gasteiger partial charge in [-0.1, -0.05) is 38.9 Å². The van der Waals surface area contributed by atoms with E-state index >= 15 is 0 Å². The maximum absolute atomic E-state index is 5.86. The van der Waals surface area contributed by atoms with E-state index in [1.807, 2.05) is 0 Å². The Labute approximate surface area is 83.9 Å². The van der Waals surface area contributed by atoms with Gasteiger partial charge < -0.3 is 4.74 Å². The molecule has 1 aliphatic rings. The summed E-state index contributed by atoms with van der Waals surface area (Å²) in [4.78, 5) is 0. The molecule has 0 aromatic heterocycles. The summed E-state index contributed by atoms with van der Waals surface area (Å²) in [6.45, 7) is 10.5. The lowest BCUT2D eigenvalue weighted by Gasteiger charge is -2.38. The molecule has 2 heteroatoms. The average molecular weight is 200 g/mol. The molecule has 2 atom stereocenters. The molecule has 1 aliphatic carbocycles. The highest BCUT2D eigenvalue weighted by Gasteiger charge is 2.35. The van der Waals surface area contributed by atoms with Crippen LogP contribution < -0.4 is 0 Å². The van der Waals surface area contributed by atoms with Gasteiger partial charge in [-0.15, -0.1) is 0 Å². The van der Waals surface area contributed by atoms with E-state index in [0.29, 0.717) is 6.10 Å². The minimum absolute atomic E-state index is 0.588. The fourth-order valence-corrected chi connectivity index (χ4v) is 4.95. The number of rotatable bonds is 3. The average Bonchev–Trinajstić information content (AvgIpc) is 2.04. The van der Waals surface area contributed by atoms with Crippen LogP contribution >= 0.6 is 0 Å². The van der Waals surface area contributed by atoms with Gasteiger partial charge in [0, 0.05) is 6.61 Å². The van der Waals surface area contributed by atoms with Gasteiger partial charge in [-0.2, -0.15) is 0 Å². The zero-order valence-corrected chi connectivity index (χ0v) is 10.6. The van der Waals surface area contributed by atoms with Crippen molar-refractivity contribution in [1.82, 2.24) is 0 Å². The Morgan fingerprint density at radius 2 is 1.77 bits per heavy atom. The van der Waals surface area contributed by atoms with Crippen LogP contribution in [0.25, 0.3) is 0 Å². The Morgan fingerprint density at radius 1 is 1.15 bits per heavy atom. The summed E-state index contributed by atoms with van der Waals surface area (Å²) < 4.78 is 5.86. The molecule has 0 aromatic carbocycles. The quantitative estimate of drug-likeness (QED) is 0.632. The topological polar surface area (TPSA) is 9.23 Å². The second-order valence-electron chi connectivity index (χ2n) is 5.25. The molecule has 0 spiro atoms. The van der Waals surface area contributed by atoms with Gasteiger partial charge in [0.25, 0.3) is 0 Å². The third-order valence-corrected chi connectivity index (χ3v) is 6.08. The van der Waals surface area contributed by atoms with Gasteiger partial charge in [0.1, 0.15) is 0 Å². The van der Waals surface area contributed by atoms with Gasteiger partial charge in [0.2, 0.25) is 0 Å². The fraction of sp³-hybridized carbons (Fsp3) is 1.00. The predicted molar refractivity (Wildman–Crippen MR) is 61.0 cm³/mol. The molecule has 13 heavy (non-hydrogen) atoms. The number of ether oxygens (including phenoxy) is 1. The molecule has 0 saturated heterocycles. The van der Waals surface area contributed by atoms with Crippen LogP contribution in [0, 0.1) is 0 Å². The van der Waals surface area contributed by atoms with E-state index in [-0.39, 0.29) is 0 Å². The molecule has 0 aliphatic heterocycles. The van der Waals surface area contributed by atoms with E-state index in [9.17, 15) is 0 Å². The Balaban J connectivity index is 2.56. The zero-order chi connectivity index (χ0) is 9.90. The third kappa shape index (κ3) is 3.10. The summed E-state index contributed by atoms with van der Waals surface area (Å²) in [5.74, 6) is 0. The van der Waals surface area contributed by atoms with E-state index in [4.69, 9.17) is 4.74 Å². The van der Waals surface area contributed by atoms with Gasteiger partial charge in [0.05, 0.1) is 14.2 Å². The van der Waals surface area contributed by atoms with Crippen molar-refractivity contribution in [2.24, 2.45) is 0 Å². The smallest absolute Gasteiger partial charge is 0.0579 e. The molecule has 2 unspecified atom stereocenters. The van der Waals surface area contributed by atoms with Crippen LogP contribution in [0.3, 0.4) is 0 Å². The molecule has 78 valence electrons. The Hall–Kier alpha value is 0.177. The summed E-state index contributed by atoms with van der Waals surface area (Å²) >= 11 is 0. The van der Waals surface area contributed by atoms with Crippen LogP contribution in [-0.2, 0) is 4.74 Å². The highest BCUT2D eigenvalue weighted by molar-refractivity contribution is 6.77. The van der Waals surface area contributed by atoms with Gasteiger partial charge in [-0.05, 0) is 18.9 Å². The summed E-state index contributed by atoms with van der Waals surface area (Å²) in [5, 5.41) is 0. The molecule has 1 saturated carbocycles. The monoisotopic (exact) mass is 200 g/mol. The van der Waals surface area contributed by atoms with Crippen LogP contribution in [0.2, 0.25) is 25.2 Å². The van der Waals surface area contributed by atoms with E-state index in [2.05, 4.69) is 26.6 Å². The first-order chi connectivity index (χ1) is 6.05. The van der Waals surface area contributed by atoms with E-state index in [1.54, 1.807) is 0 Å². The first-order valence-electron chi connectivity index (χ1n) is 5.67. The van der Waals surface area contributed by atoms with E-state index < -0.39 is 8.07 Å². The third-order valence-electron chi connectivity index (χ3n) is 3.20. The van der Waals surface area contributed by atoms with Crippen LogP contribution in [0.15, 0.2) is 0 Å². The van der Waals surface area contributed by atoms with E-state index in [1.165, 1.54) is 25.7 Å². The normalized spacial score (nSPS) is 30.5. The highest BCUT2D eigenvalue weighted by Crippen LogP contribution is 2.38. The molecule has 0 aromatic rings. The van der Waals surface area contributed by atoms with Crippen molar-refractivity contribution < 1.29 is 4.74 Å². The van der Waals surface area contributed by atoms with Crippen LogP contribution in [-0.4, -0.2) is 20.8 Å². The van der Waals surface area contributed by atoms with Crippen molar-refractivity contribution in [3.63, 3.8) is 0 Å². The van der Waals surface area contributed by atoms with Gasteiger partial charge in [-0.25, -0.2) is 0 Å². The minimum atomic E-state index is -0.982.